The van der Waals surface area contributed by atoms with Crippen molar-refractivity contribution < 1.29 is 18.0 Å². The summed E-state index contributed by atoms with van der Waals surface area (Å²) in [6.07, 6.45) is 0.667. The van der Waals surface area contributed by atoms with Crippen LogP contribution in [0.4, 0.5) is 5.69 Å². The molecule has 0 aromatic heterocycles. The van der Waals surface area contributed by atoms with E-state index in [4.69, 9.17) is 16.7 Å². The van der Waals surface area contributed by atoms with E-state index in [1.807, 2.05) is 0 Å². The summed E-state index contributed by atoms with van der Waals surface area (Å²) < 4.78 is 22.5. The molecule has 1 fully saturated rings. The molecule has 1 aromatic carbocycles. The number of sulfonamides is 1. The van der Waals surface area contributed by atoms with Crippen LogP contribution in [0.5, 0.6) is 0 Å². The van der Waals surface area contributed by atoms with E-state index in [2.05, 4.69) is 10.6 Å². The second-order valence-electron chi connectivity index (χ2n) is 4.33. The monoisotopic (exact) mass is 317 g/mol. The van der Waals surface area contributed by atoms with Crippen LogP contribution in [0.25, 0.3) is 0 Å². The third-order valence-corrected chi connectivity index (χ3v) is 4.08. The van der Waals surface area contributed by atoms with Gasteiger partial charge in [0.25, 0.3) is 0 Å². The smallest absolute Gasteiger partial charge is 0.247 e. The van der Waals surface area contributed by atoms with Gasteiger partial charge in [0.05, 0.1) is 15.6 Å². The standard InChI is InChI=1S/C11H12ClN3O4S/c12-7-2-1-6(20(13,18)19)5-9(7)15-11(17)8-3-4-10(16)14-8/h1-2,5,8H,3-4H2,(H,14,16)(H,15,17)(H2,13,18,19)/t8-/m0/s1. The highest BCUT2D eigenvalue weighted by atomic mass is 35.5. The average Bonchev–Trinajstić information content (AvgIpc) is 2.77. The third kappa shape index (κ3) is 3.27. The van der Waals surface area contributed by atoms with Crippen LogP contribution < -0.4 is 15.8 Å². The van der Waals surface area contributed by atoms with Crippen LogP contribution in [0, 0.1) is 0 Å². The van der Waals surface area contributed by atoms with Crippen LogP contribution in [0.2, 0.25) is 5.02 Å². The van der Waals surface area contributed by atoms with Gasteiger partial charge in [-0.2, -0.15) is 0 Å². The number of nitrogens with two attached hydrogens (primary N) is 1. The summed E-state index contributed by atoms with van der Waals surface area (Å²) >= 11 is 5.89. The number of hydrogen-bond donors (Lipinski definition) is 3. The molecule has 2 amide bonds. The van der Waals surface area contributed by atoms with E-state index < -0.39 is 22.0 Å². The highest BCUT2D eigenvalue weighted by Crippen LogP contribution is 2.25. The van der Waals surface area contributed by atoms with Crippen molar-refractivity contribution in [3.63, 3.8) is 0 Å². The lowest BCUT2D eigenvalue weighted by molar-refractivity contribution is -0.122. The predicted molar refractivity (Wildman–Crippen MR) is 72.6 cm³/mol. The van der Waals surface area contributed by atoms with Crippen LogP contribution in [-0.4, -0.2) is 26.3 Å². The molecule has 1 saturated heterocycles. The number of carbonyl (C=O) groups is 2. The Kier molecular flexibility index (Phi) is 3.98. The Morgan fingerprint density at radius 2 is 2.15 bits per heavy atom. The quantitative estimate of drug-likeness (QED) is 0.738. The maximum Gasteiger partial charge on any atom is 0.247 e. The molecule has 1 aliphatic rings. The molecule has 1 atom stereocenters. The van der Waals surface area contributed by atoms with E-state index in [0.29, 0.717) is 6.42 Å². The molecule has 0 spiro atoms. The van der Waals surface area contributed by atoms with Crippen molar-refractivity contribution in [3.8, 4) is 0 Å². The molecule has 1 heterocycles. The molecule has 1 aromatic rings. The second-order valence-corrected chi connectivity index (χ2v) is 6.30. The van der Waals surface area contributed by atoms with E-state index in [1.54, 1.807) is 0 Å². The van der Waals surface area contributed by atoms with Gasteiger partial charge in [-0.3, -0.25) is 9.59 Å². The zero-order chi connectivity index (χ0) is 14.9. The number of primary sulfonamides is 1. The fraction of sp³-hybridized carbons (Fsp3) is 0.273. The first-order valence-electron chi connectivity index (χ1n) is 5.70. The topological polar surface area (TPSA) is 118 Å². The van der Waals surface area contributed by atoms with Crippen molar-refractivity contribution in [2.75, 3.05) is 5.32 Å². The Morgan fingerprint density at radius 1 is 1.45 bits per heavy atom. The summed E-state index contributed by atoms with van der Waals surface area (Å²) in [6.45, 7) is 0. The SMILES string of the molecule is NS(=O)(=O)c1ccc(Cl)c(NC(=O)[C@@H]2CCC(=O)N2)c1. The van der Waals surface area contributed by atoms with Gasteiger partial charge in [0, 0.05) is 6.42 Å². The van der Waals surface area contributed by atoms with Crippen molar-refractivity contribution in [2.24, 2.45) is 5.14 Å². The number of nitrogens with one attached hydrogen (secondary N) is 2. The number of anilines is 1. The van der Waals surface area contributed by atoms with Gasteiger partial charge in [-0.05, 0) is 24.6 Å². The molecule has 0 saturated carbocycles. The molecule has 2 rings (SSSR count). The summed E-state index contributed by atoms with van der Waals surface area (Å²) in [5.41, 5.74) is 0.129. The number of carbonyl (C=O) groups excluding carboxylic acids is 2. The predicted octanol–water partition coefficient (Wildman–Crippen LogP) is 0.204. The molecule has 4 N–H and O–H groups in total. The minimum Gasteiger partial charge on any atom is -0.344 e. The van der Waals surface area contributed by atoms with Crippen molar-refractivity contribution in [2.45, 2.75) is 23.8 Å². The Balaban J connectivity index is 2.20. The van der Waals surface area contributed by atoms with Gasteiger partial charge >= 0.3 is 0 Å². The molecule has 0 radical (unpaired) electrons. The molecular formula is C11H12ClN3O4S. The second kappa shape index (κ2) is 5.39. The molecule has 20 heavy (non-hydrogen) atoms. The largest absolute Gasteiger partial charge is 0.344 e. The Morgan fingerprint density at radius 3 is 2.70 bits per heavy atom. The van der Waals surface area contributed by atoms with Gasteiger partial charge in [-0.15, -0.1) is 0 Å². The zero-order valence-electron chi connectivity index (χ0n) is 10.2. The van der Waals surface area contributed by atoms with Gasteiger partial charge in [0.1, 0.15) is 6.04 Å². The van der Waals surface area contributed by atoms with E-state index in [-0.39, 0.29) is 27.9 Å². The van der Waals surface area contributed by atoms with E-state index in [1.165, 1.54) is 18.2 Å². The van der Waals surface area contributed by atoms with Crippen molar-refractivity contribution in [1.29, 1.82) is 0 Å². The van der Waals surface area contributed by atoms with Crippen molar-refractivity contribution >= 4 is 39.1 Å². The first-order valence-corrected chi connectivity index (χ1v) is 7.62. The van der Waals surface area contributed by atoms with Crippen LogP contribution >= 0.6 is 11.6 Å². The third-order valence-electron chi connectivity index (χ3n) is 2.84. The summed E-state index contributed by atoms with van der Waals surface area (Å²) in [4.78, 5) is 22.8. The number of hydrogen-bond acceptors (Lipinski definition) is 4. The lowest BCUT2D eigenvalue weighted by atomic mass is 10.2. The van der Waals surface area contributed by atoms with Gasteiger partial charge in [0.15, 0.2) is 0 Å². The molecular weight excluding hydrogens is 306 g/mol. The Bertz CT molecular complexity index is 674. The zero-order valence-corrected chi connectivity index (χ0v) is 11.8. The Hall–Kier alpha value is -1.64. The molecule has 7 nitrogen and oxygen atoms in total. The summed E-state index contributed by atoms with van der Waals surface area (Å²) in [5, 5.41) is 10.2. The summed E-state index contributed by atoms with van der Waals surface area (Å²) in [6, 6.07) is 3.10. The van der Waals surface area contributed by atoms with Crippen LogP contribution in [-0.2, 0) is 19.6 Å². The van der Waals surface area contributed by atoms with E-state index >= 15 is 0 Å². The maximum atomic E-state index is 11.9. The highest BCUT2D eigenvalue weighted by molar-refractivity contribution is 7.89. The normalized spacial score (nSPS) is 18.7. The molecule has 0 aliphatic carbocycles. The Labute approximate surface area is 120 Å². The number of benzene rings is 1. The lowest BCUT2D eigenvalue weighted by Crippen LogP contribution is -2.37. The number of halogens is 1. The van der Waals surface area contributed by atoms with Crippen molar-refractivity contribution in [3.05, 3.63) is 23.2 Å². The van der Waals surface area contributed by atoms with Crippen LogP contribution in [0.15, 0.2) is 23.1 Å². The fourth-order valence-corrected chi connectivity index (χ4v) is 2.51. The van der Waals surface area contributed by atoms with E-state index in [9.17, 15) is 18.0 Å². The molecule has 0 unspecified atom stereocenters. The molecule has 0 bridgehead atoms. The maximum absolute atomic E-state index is 11.9. The molecule has 9 heteroatoms. The minimum atomic E-state index is -3.89. The summed E-state index contributed by atoms with van der Waals surface area (Å²) in [5.74, 6) is -0.654. The van der Waals surface area contributed by atoms with Crippen molar-refractivity contribution in [1.82, 2.24) is 5.32 Å². The van der Waals surface area contributed by atoms with E-state index in [0.717, 1.165) is 0 Å². The average molecular weight is 318 g/mol. The number of rotatable bonds is 3. The lowest BCUT2D eigenvalue weighted by Gasteiger charge is -2.12. The first kappa shape index (κ1) is 14.8. The van der Waals surface area contributed by atoms with Gasteiger partial charge in [0.2, 0.25) is 21.8 Å². The van der Waals surface area contributed by atoms with Gasteiger partial charge in [-0.25, -0.2) is 13.6 Å². The summed E-state index contributed by atoms with van der Waals surface area (Å²) in [7, 11) is -3.89. The van der Waals surface area contributed by atoms with Gasteiger partial charge in [-0.1, -0.05) is 11.6 Å². The highest BCUT2D eigenvalue weighted by Gasteiger charge is 2.27. The molecule has 1 aliphatic heterocycles. The van der Waals surface area contributed by atoms with Gasteiger partial charge < -0.3 is 10.6 Å². The minimum absolute atomic E-state index is 0.129. The fourth-order valence-electron chi connectivity index (χ4n) is 1.81. The number of amides is 2. The van der Waals surface area contributed by atoms with Crippen LogP contribution in [0.3, 0.4) is 0 Å². The first-order chi connectivity index (χ1) is 9.27. The van der Waals surface area contributed by atoms with Crippen LogP contribution in [0.1, 0.15) is 12.8 Å². The molecule has 108 valence electrons.